The zero-order chi connectivity index (χ0) is 16.7. The zero-order valence-corrected chi connectivity index (χ0v) is 14.6. The van der Waals surface area contributed by atoms with Crippen molar-refractivity contribution in [3.05, 3.63) is 47.3 Å². The number of anilines is 1. The smallest absolute Gasteiger partial charge is 0.399 e. The Labute approximate surface area is 141 Å². The molecule has 1 aliphatic heterocycles. The summed E-state index contributed by atoms with van der Waals surface area (Å²) in [5, 5.41) is 4.81. The topological polar surface area (TPSA) is 47.6 Å². The Morgan fingerprint density at radius 2 is 1.70 bits per heavy atom. The fraction of sp³-hybridized carbons (Fsp3) is 0.353. The van der Waals surface area contributed by atoms with Crippen molar-refractivity contribution in [3.63, 3.8) is 0 Å². The van der Waals surface area contributed by atoms with Gasteiger partial charge in [0.2, 0.25) is 0 Å². The summed E-state index contributed by atoms with van der Waals surface area (Å²) < 4.78 is 13.0. The number of hydrogen-bond acceptors (Lipinski definition) is 4. The molecule has 0 bridgehead atoms. The van der Waals surface area contributed by atoms with Crippen LogP contribution >= 0.6 is 11.3 Å². The first-order chi connectivity index (χ1) is 10.8. The summed E-state index contributed by atoms with van der Waals surface area (Å²) in [7, 11) is -0.396. The minimum atomic E-state index is -0.396. The molecule has 120 valence electrons. The Morgan fingerprint density at radius 1 is 1.09 bits per heavy atom. The minimum Gasteiger partial charge on any atom is -0.399 e. The fourth-order valence-electron chi connectivity index (χ4n) is 2.29. The molecule has 1 saturated heterocycles. The predicted molar refractivity (Wildman–Crippen MR) is 94.4 cm³/mol. The van der Waals surface area contributed by atoms with Gasteiger partial charge in [0.25, 0.3) is 5.91 Å². The van der Waals surface area contributed by atoms with Crippen molar-refractivity contribution in [3.8, 4) is 0 Å². The molecule has 2 heterocycles. The van der Waals surface area contributed by atoms with Gasteiger partial charge in [0.1, 0.15) is 0 Å². The molecule has 1 aliphatic rings. The van der Waals surface area contributed by atoms with E-state index in [1.54, 1.807) is 12.1 Å². The summed E-state index contributed by atoms with van der Waals surface area (Å²) >= 11 is 1.52. The highest BCUT2D eigenvalue weighted by Crippen LogP contribution is 2.37. The molecule has 0 unspecified atom stereocenters. The fourth-order valence-corrected chi connectivity index (χ4v) is 3.09. The van der Waals surface area contributed by atoms with Crippen LogP contribution in [0.4, 0.5) is 5.69 Å². The maximum absolute atomic E-state index is 12.2. The Kier molecular flexibility index (Phi) is 4.08. The minimum absolute atomic E-state index is 0.121. The highest BCUT2D eigenvalue weighted by atomic mass is 32.1. The van der Waals surface area contributed by atoms with Gasteiger partial charge >= 0.3 is 7.12 Å². The van der Waals surface area contributed by atoms with Crippen LogP contribution in [0.25, 0.3) is 0 Å². The lowest BCUT2D eigenvalue weighted by Crippen LogP contribution is -2.41. The predicted octanol–water partition coefficient (Wildman–Crippen LogP) is 3.30. The van der Waals surface area contributed by atoms with Gasteiger partial charge in [-0.25, -0.2) is 0 Å². The average molecular weight is 329 g/mol. The molecule has 0 atom stereocenters. The summed E-state index contributed by atoms with van der Waals surface area (Å²) in [5.74, 6) is -0.121. The monoisotopic (exact) mass is 329 g/mol. The van der Waals surface area contributed by atoms with Crippen LogP contribution in [0.1, 0.15) is 38.1 Å². The van der Waals surface area contributed by atoms with Gasteiger partial charge in [-0.3, -0.25) is 4.79 Å². The summed E-state index contributed by atoms with van der Waals surface area (Å²) in [5.41, 5.74) is 0.661. The van der Waals surface area contributed by atoms with Gasteiger partial charge in [0, 0.05) is 15.7 Å². The highest BCUT2D eigenvalue weighted by Gasteiger charge is 2.52. The van der Waals surface area contributed by atoms with Crippen molar-refractivity contribution in [1.82, 2.24) is 0 Å². The molecule has 3 rings (SSSR count). The molecule has 1 N–H and O–H groups in total. The Bertz CT molecular complexity index is 696. The lowest BCUT2D eigenvalue weighted by molar-refractivity contribution is 0.00578. The van der Waals surface area contributed by atoms with Crippen LogP contribution in [0.3, 0.4) is 0 Å². The number of benzene rings is 1. The van der Waals surface area contributed by atoms with Crippen LogP contribution in [-0.2, 0) is 9.31 Å². The third-order valence-corrected chi connectivity index (χ3v) is 5.35. The summed E-state index contributed by atoms with van der Waals surface area (Å²) in [6.07, 6.45) is 0. The van der Waals surface area contributed by atoms with Crippen molar-refractivity contribution >= 4 is 34.8 Å². The van der Waals surface area contributed by atoms with E-state index in [0.717, 1.165) is 10.5 Å². The van der Waals surface area contributed by atoms with Crippen LogP contribution in [0.15, 0.2) is 41.8 Å². The van der Waals surface area contributed by atoms with Gasteiger partial charge in [-0.2, -0.15) is 11.3 Å². The molecule has 1 aromatic heterocycles. The molecule has 0 saturated carbocycles. The summed E-state index contributed by atoms with van der Waals surface area (Å²) in [6, 6.07) is 11.1. The quantitative estimate of drug-likeness (QED) is 0.879. The lowest BCUT2D eigenvalue weighted by atomic mass is 9.88. The SMILES string of the molecule is CC1(C)OB(c2cc(NC(=O)c3ccccc3)cs2)OC1(C)C. The molecule has 2 aromatic rings. The number of hydrogen-bond donors (Lipinski definition) is 1. The van der Waals surface area contributed by atoms with E-state index in [0.29, 0.717) is 5.56 Å². The second-order valence-corrected chi connectivity index (χ2v) is 7.59. The van der Waals surface area contributed by atoms with Crippen molar-refractivity contribution in [2.45, 2.75) is 38.9 Å². The van der Waals surface area contributed by atoms with E-state index >= 15 is 0 Å². The van der Waals surface area contributed by atoms with Gasteiger partial charge in [0.15, 0.2) is 0 Å². The van der Waals surface area contributed by atoms with Gasteiger partial charge in [-0.15, -0.1) is 0 Å². The molecule has 1 fully saturated rings. The van der Waals surface area contributed by atoms with Crippen molar-refractivity contribution in [1.29, 1.82) is 0 Å². The number of carbonyl (C=O) groups excluding carboxylic acids is 1. The lowest BCUT2D eigenvalue weighted by Gasteiger charge is -2.32. The van der Waals surface area contributed by atoms with Crippen LogP contribution in [0.5, 0.6) is 0 Å². The van der Waals surface area contributed by atoms with E-state index in [1.807, 2.05) is 57.3 Å². The molecule has 6 heteroatoms. The average Bonchev–Trinajstić information content (AvgIpc) is 3.03. The maximum atomic E-state index is 12.2. The van der Waals surface area contributed by atoms with Crippen LogP contribution in [0, 0.1) is 0 Å². The third kappa shape index (κ3) is 3.20. The Morgan fingerprint density at radius 3 is 2.30 bits per heavy atom. The normalized spacial score (nSPS) is 18.9. The van der Waals surface area contributed by atoms with Crippen molar-refractivity contribution in [2.24, 2.45) is 0 Å². The van der Waals surface area contributed by atoms with Crippen LogP contribution in [-0.4, -0.2) is 24.2 Å². The Balaban J connectivity index is 1.71. The maximum Gasteiger partial charge on any atom is 0.505 e. The van der Waals surface area contributed by atoms with Gasteiger partial charge < -0.3 is 14.6 Å². The van der Waals surface area contributed by atoms with Crippen LogP contribution < -0.4 is 10.1 Å². The molecule has 23 heavy (non-hydrogen) atoms. The van der Waals surface area contributed by atoms with Crippen molar-refractivity contribution in [2.75, 3.05) is 5.32 Å². The van der Waals surface area contributed by atoms with Crippen molar-refractivity contribution < 1.29 is 14.1 Å². The zero-order valence-electron chi connectivity index (χ0n) is 13.8. The molecule has 4 nitrogen and oxygen atoms in total. The van der Waals surface area contributed by atoms with Gasteiger partial charge in [-0.05, 0) is 45.9 Å². The standard InChI is InChI=1S/C17H20BNO3S/c1-16(2)17(3,4)22-18(21-16)14-10-13(11-23-14)19-15(20)12-8-6-5-7-9-12/h5-11H,1-4H3,(H,19,20). The van der Waals surface area contributed by atoms with Gasteiger partial charge in [0.05, 0.1) is 16.9 Å². The van der Waals surface area contributed by atoms with E-state index in [9.17, 15) is 4.79 Å². The number of amides is 1. The molecular formula is C17H20BNO3S. The number of nitrogens with one attached hydrogen (secondary N) is 1. The molecule has 0 aliphatic carbocycles. The van der Waals surface area contributed by atoms with E-state index in [4.69, 9.17) is 9.31 Å². The molecule has 0 radical (unpaired) electrons. The first-order valence-corrected chi connectivity index (χ1v) is 8.47. The van der Waals surface area contributed by atoms with E-state index in [1.165, 1.54) is 11.3 Å². The second-order valence-electron chi connectivity index (χ2n) is 6.65. The Hall–Kier alpha value is -1.63. The summed E-state index contributed by atoms with van der Waals surface area (Å²) in [6.45, 7) is 8.11. The second kappa shape index (κ2) is 5.78. The molecule has 1 amide bonds. The van der Waals surface area contributed by atoms with E-state index < -0.39 is 7.12 Å². The van der Waals surface area contributed by atoms with E-state index in [-0.39, 0.29) is 17.1 Å². The van der Waals surface area contributed by atoms with E-state index in [2.05, 4.69) is 5.32 Å². The number of carbonyl (C=O) groups is 1. The number of rotatable bonds is 3. The first-order valence-electron chi connectivity index (χ1n) is 7.59. The van der Waals surface area contributed by atoms with Gasteiger partial charge in [-0.1, -0.05) is 18.2 Å². The molecule has 0 spiro atoms. The highest BCUT2D eigenvalue weighted by molar-refractivity contribution is 7.21. The molecule has 1 aromatic carbocycles. The third-order valence-electron chi connectivity index (χ3n) is 4.40. The first kappa shape index (κ1) is 16.2. The van der Waals surface area contributed by atoms with Crippen LogP contribution in [0.2, 0.25) is 0 Å². The number of thiophene rings is 1. The summed E-state index contributed by atoms with van der Waals surface area (Å²) in [4.78, 5) is 12.2. The largest absolute Gasteiger partial charge is 0.505 e. The molecular weight excluding hydrogens is 309 g/mol.